The smallest absolute Gasteiger partial charge is 0.426 e. The Morgan fingerprint density at radius 1 is 1.00 bits per heavy atom. The van der Waals surface area contributed by atoms with Gasteiger partial charge in [-0.2, -0.15) is 0 Å². The van der Waals surface area contributed by atoms with Crippen LogP contribution in [0.2, 0.25) is 0 Å². The van der Waals surface area contributed by atoms with E-state index in [9.17, 15) is 29.2 Å². The van der Waals surface area contributed by atoms with Gasteiger partial charge < -0.3 is 48.1 Å². The zero-order valence-corrected chi connectivity index (χ0v) is 22.7. The van der Waals surface area contributed by atoms with Crippen LogP contribution in [0, 0.1) is 5.92 Å². The lowest BCUT2D eigenvalue weighted by atomic mass is 9.77. The Morgan fingerprint density at radius 3 is 2.21 bits per heavy atom. The average molecular weight is 540 g/mol. The Morgan fingerprint density at radius 2 is 1.66 bits per heavy atom. The summed E-state index contributed by atoms with van der Waals surface area (Å²) in [5.74, 6) is -3.11. The molecule has 0 unspecified atom stereocenters. The Hall–Kier alpha value is -2.91. The summed E-state index contributed by atoms with van der Waals surface area (Å²) in [5.41, 5.74) is 16.3. The molecule has 1 fully saturated rings. The molecule has 11 N–H and O–H groups in total. The minimum absolute atomic E-state index is 0.0947. The molecule has 0 aromatic rings. The van der Waals surface area contributed by atoms with Crippen LogP contribution in [0.1, 0.15) is 65.7 Å². The van der Waals surface area contributed by atoms with Gasteiger partial charge in [-0.05, 0) is 57.4 Å². The fourth-order valence-electron chi connectivity index (χ4n) is 4.39. The number of guanidine groups is 1. The first kappa shape index (κ1) is 33.1. The van der Waals surface area contributed by atoms with Gasteiger partial charge in [0.15, 0.2) is 5.96 Å². The summed E-state index contributed by atoms with van der Waals surface area (Å²) in [4.78, 5) is 56.6. The van der Waals surface area contributed by atoms with Crippen molar-refractivity contribution < 1.29 is 29.2 Å². The van der Waals surface area contributed by atoms with Crippen LogP contribution in [0.25, 0.3) is 0 Å². The first-order chi connectivity index (χ1) is 17.9. The number of nitrogens with one attached hydrogen (secondary N) is 3. The number of hydrogen-bond acceptors (Lipinski definition) is 8. The van der Waals surface area contributed by atoms with Crippen molar-refractivity contribution >= 4 is 36.7 Å². The van der Waals surface area contributed by atoms with E-state index in [-0.39, 0.29) is 30.8 Å². The highest BCUT2D eigenvalue weighted by Crippen LogP contribution is 2.20. The molecule has 4 atom stereocenters. The third-order valence-corrected chi connectivity index (χ3v) is 6.37. The third-order valence-electron chi connectivity index (χ3n) is 6.37. The molecule has 38 heavy (non-hydrogen) atoms. The largest absolute Gasteiger partial charge is 0.475 e. The summed E-state index contributed by atoms with van der Waals surface area (Å²) in [6, 6.07) is -2.81. The van der Waals surface area contributed by atoms with Gasteiger partial charge in [0, 0.05) is 20.0 Å². The molecule has 0 radical (unpaired) electrons. The molecule has 4 amide bonds. The van der Waals surface area contributed by atoms with Crippen molar-refractivity contribution in [2.45, 2.75) is 89.8 Å². The summed E-state index contributed by atoms with van der Waals surface area (Å²) in [5, 5.41) is 27.5. The van der Waals surface area contributed by atoms with E-state index in [0.29, 0.717) is 51.6 Å². The topological polar surface area (TPSA) is 238 Å². The van der Waals surface area contributed by atoms with Crippen molar-refractivity contribution in [2.75, 3.05) is 19.6 Å². The second-order valence-electron chi connectivity index (χ2n) is 9.93. The monoisotopic (exact) mass is 540 g/mol. The number of amides is 4. The van der Waals surface area contributed by atoms with Gasteiger partial charge in [0.25, 0.3) is 0 Å². The molecule has 0 spiro atoms. The van der Waals surface area contributed by atoms with Crippen LogP contribution in [0.15, 0.2) is 4.99 Å². The number of unbranched alkanes of at least 4 members (excludes halogenated alkanes) is 1. The lowest BCUT2D eigenvalue weighted by molar-refractivity contribution is -0.138. The van der Waals surface area contributed by atoms with Crippen LogP contribution in [-0.4, -0.2) is 95.4 Å². The second-order valence-corrected chi connectivity index (χ2v) is 9.93. The molecule has 15 heteroatoms. The molecule has 0 saturated carbocycles. The molecule has 1 heterocycles. The van der Waals surface area contributed by atoms with E-state index >= 15 is 0 Å². The van der Waals surface area contributed by atoms with Crippen LogP contribution in [0.4, 0.5) is 0 Å². The molecule has 0 aromatic heterocycles. The van der Waals surface area contributed by atoms with Gasteiger partial charge in [-0.15, -0.1) is 0 Å². The van der Waals surface area contributed by atoms with E-state index in [2.05, 4.69) is 20.9 Å². The van der Waals surface area contributed by atoms with Crippen LogP contribution in [0.3, 0.4) is 0 Å². The molecule has 0 bridgehead atoms. The van der Waals surface area contributed by atoms with Crippen molar-refractivity contribution in [1.82, 2.24) is 20.9 Å². The Kier molecular flexibility index (Phi) is 14.7. The first-order valence-electron chi connectivity index (χ1n) is 13.2. The van der Waals surface area contributed by atoms with Crippen molar-refractivity contribution in [3.05, 3.63) is 0 Å². The standard InChI is InChI=1S/C23H45BN8O6/c1-14(2)19(31-20(34)16(29-15(3)33)8-4-5-11-25)21(35)30-17(9-6-12-28-23(26)27)22(36)32-13-7-10-18(32)24(37)38/h14,16-19,37-38H,4-13,25H2,1-3H3,(H,29,33)(H,30,35)(H,31,34)(H4,26,27,28)/t16-,17-,18-,19-/m0/s1. The highest BCUT2D eigenvalue weighted by Gasteiger charge is 2.40. The second kappa shape index (κ2) is 16.8. The van der Waals surface area contributed by atoms with E-state index in [0.717, 1.165) is 0 Å². The number of carbonyl (C=O) groups excluding carboxylic acids is 4. The van der Waals surface area contributed by atoms with Gasteiger partial charge in [0.05, 0.1) is 5.94 Å². The zero-order valence-electron chi connectivity index (χ0n) is 22.7. The lowest BCUT2D eigenvalue weighted by Gasteiger charge is -2.31. The van der Waals surface area contributed by atoms with Gasteiger partial charge in [-0.25, -0.2) is 0 Å². The highest BCUT2D eigenvalue weighted by molar-refractivity contribution is 6.43. The number of likely N-dealkylation sites (tertiary alicyclic amines) is 1. The number of rotatable bonds is 16. The van der Waals surface area contributed by atoms with Gasteiger partial charge >= 0.3 is 7.12 Å². The Balaban J connectivity index is 3.04. The fraction of sp³-hybridized carbons (Fsp3) is 0.783. The summed E-state index contributed by atoms with van der Waals surface area (Å²) in [7, 11) is -1.70. The predicted molar refractivity (Wildman–Crippen MR) is 144 cm³/mol. The minimum atomic E-state index is -1.70. The van der Waals surface area contributed by atoms with Crippen molar-refractivity contribution in [2.24, 2.45) is 28.1 Å². The van der Waals surface area contributed by atoms with Crippen molar-refractivity contribution in [3.8, 4) is 0 Å². The van der Waals surface area contributed by atoms with E-state index in [4.69, 9.17) is 17.2 Å². The number of aliphatic imine (C=N–C) groups is 1. The third kappa shape index (κ3) is 11.2. The molecule has 1 rings (SSSR count). The molecule has 216 valence electrons. The SMILES string of the molecule is CC(=O)N[C@@H](CCCCN)C(=O)N[C@H](C(=O)N[C@@H](CCCN=C(N)N)C(=O)N1CCC[C@H]1B(O)O)C(C)C. The molecule has 1 aliphatic rings. The maximum atomic E-state index is 13.4. The highest BCUT2D eigenvalue weighted by atomic mass is 16.4. The average Bonchev–Trinajstić information content (AvgIpc) is 3.33. The summed E-state index contributed by atoms with van der Waals surface area (Å²) in [6.07, 6.45) is 3.26. The zero-order chi connectivity index (χ0) is 28.8. The van der Waals surface area contributed by atoms with Crippen molar-refractivity contribution in [3.63, 3.8) is 0 Å². The molecular formula is C23H45BN8O6. The van der Waals surface area contributed by atoms with Gasteiger partial charge in [0.1, 0.15) is 18.1 Å². The van der Waals surface area contributed by atoms with E-state index in [1.165, 1.54) is 11.8 Å². The number of carbonyl (C=O) groups is 4. The lowest BCUT2D eigenvalue weighted by Crippen LogP contribution is -2.59. The van der Waals surface area contributed by atoms with Gasteiger partial charge in [0.2, 0.25) is 23.6 Å². The quantitative estimate of drug-likeness (QED) is 0.0439. The molecular weight excluding hydrogens is 495 g/mol. The molecule has 1 aliphatic heterocycles. The first-order valence-corrected chi connectivity index (χ1v) is 13.2. The van der Waals surface area contributed by atoms with Crippen LogP contribution >= 0.6 is 0 Å². The Labute approximate surface area is 224 Å². The molecule has 14 nitrogen and oxygen atoms in total. The summed E-state index contributed by atoms with van der Waals surface area (Å²) in [6.45, 7) is 5.83. The number of hydrogen-bond donors (Lipinski definition) is 8. The molecule has 0 aliphatic carbocycles. The number of nitrogens with zero attached hydrogens (tertiary/aromatic N) is 2. The predicted octanol–water partition coefficient (Wildman–Crippen LogP) is -2.70. The van der Waals surface area contributed by atoms with E-state index in [1.54, 1.807) is 13.8 Å². The van der Waals surface area contributed by atoms with Gasteiger partial charge in [-0.1, -0.05) is 13.8 Å². The minimum Gasteiger partial charge on any atom is -0.426 e. The van der Waals surface area contributed by atoms with E-state index < -0.39 is 48.9 Å². The van der Waals surface area contributed by atoms with Crippen LogP contribution < -0.4 is 33.2 Å². The summed E-state index contributed by atoms with van der Waals surface area (Å²) >= 11 is 0. The van der Waals surface area contributed by atoms with Crippen LogP contribution in [0.5, 0.6) is 0 Å². The maximum Gasteiger partial charge on any atom is 0.475 e. The normalized spacial score (nSPS) is 17.3. The maximum absolute atomic E-state index is 13.4. The fourth-order valence-corrected chi connectivity index (χ4v) is 4.39. The van der Waals surface area contributed by atoms with E-state index in [1.807, 2.05) is 0 Å². The van der Waals surface area contributed by atoms with Crippen LogP contribution in [-0.2, 0) is 19.2 Å². The number of nitrogens with two attached hydrogens (primary N) is 3. The summed E-state index contributed by atoms with van der Waals surface area (Å²) < 4.78 is 0. The molecule has 0 aromatic carbocycles. The van der Waals surface area contributed by atoms with Gasteiger partial charge in [-0.3, -0.25) is 24.2 Å². The Bertz CT molecular complexity index is 824. The van der Waals surface area contributed by atoms with Crippen molar-refractivity contribution in [1.29, 1.82) is 0 Å². The molecule has 1 saturated heterocycles.